The van der Waals surface area contributed by atoms with Crippen molar-refractivity contribution in [2.24, 2.45) is 5.92 Å². The standard InChI is InChI=1S/C23H32N2O2/c1-5-7-8-19-15-18-16-20(27-4)9-10-21(18)23(25(19)22(26)6-2)17-11-13-24(3)14-12-17/h2,9-10,16-17,19,23H,5,7-8,11-15H2,1,3-4H3/t19-,23-/m0/s1. The first-order valence-corrected chi connectivity index (χ1v) is 10.2. The maximum absolute atomic E-state index is 12.8. The van der Waals surface area contributed by atoms with E-state index in [1.807, 2.05) is 6.07 Å². The molecule has 27 heavy (non-hydrogen) atoms. The number of rotatable bonds is 5. The summed E-state index contributed by atoms with van der Waals surface area (Å²) in [5, 5.41) is 0. The number of ether oxygens (including phenoxy) is 1. The molecule has 0 saturated carbocycles. The first-order chi connectivity index (χ1) is 13.1. The highest BCUT2D eigenvalue weighted by Gasteiger charge is 2.41. The summed E-state index contributed by atoms with van der Waals surface area (Å²) in [4.78, 5) is 17.3. The third-order valence-corrected chi connectivity index (χ3v) is 6.28. The van der Waals surface area contributed by atoms with Crippen LogP contribution in [-0.4, -0.2) is 49.0 Å². The van der Waals surface area contributed by atoms with Crippen LogP contribution in [0, 0.1) is 18.3 Å². The van der Waals surface area contributed by atoms with Crippen LogP contribution in [0.2, 0.25) is 0 Å². The van der Waals surface area contributed by atoms with E-state index < -0.39 is 0 Å². The predicted octanol–water partition coefficient (Wildman–Crippen LogP) is 3.65. The van der Waals surface area contributed by atoms with E-state index in [1.54, 1.807) is 7.11 Å². The Morgan fingerprint density at radius 3 is 2.70 bits per heavy atom. The summed E-state index contributed by atoms with van der Waals surface area (Å²) in [5.41, 5.74) is 2.59. The minimum Gasteiger partial charge on any atom is -0.497 e. The average Bonchev–Trinajstić information content (AvgIpc) is 2.70. The SMILES string of the molecule is C#CC(=O)N1[C@@H](CCCC)Cc2cc(OC)ccc2[C@@H]1C1CCN(C)CC1. The second kappa shape index (κ2) is 8.80. The lowest BCUT2D eigenvalue weighted by molar-refractivity contribution is -0.133. The van der Waals surface area contributed by atoms with Gasteiger partial charge in [0.15, 0.2) is 0 Å². The molecule has 2 heterocycles. The molecular weight excluding hydrogens is 336 g/mol. The first-order valence-electron chi connectivity index (χ1n) is 10.2. The van der Waals surface area contributed by atoms with Crippen molar-refractivity contribution in [2.75, 3.05) is 27.2 Å². The number of methoxy groups -OCH3 is 1. The number of benzene rings is 1. The number of piperidine rings is 1. The van der Waals surface area contributed by atoms with Gasteiger partial charge in [-0.25, -0.2) is 0 Å². The molecule has 1 aromatic carbocycles. The van der Waals surface area contributed by atoms with Crippen LogP contribution in [0.5, 0.6) is 5.75 Å². The Hall–Kier alpha value is -1.99. The molecule has 1 aromatic rings. The number of amides is 1. The number of nitrogens with zero attached hydrogens (tertiary/aromatic N) is 2. The Morgan fingerprint density at radius 2 is 2.07 bits per heavy atom. The number of terminal acetylenes is 1. The molecule has 0 bridgehead atoms. The summed E-state index contributed by atoms with van der Waals surface area (Å²) in [6.07, 6.45) is 11.9. The van der Waals surface area contributed by atoms with E-state index in [-0.39, 0.29) is 18.0 Å². The van der Waals surface area contributed by atoms with E-state index >= 15 is 0 Å². The van der Waals surface area contributed by atoms with Crippen molar-refractivity contribution < 1.29 is 9.53 Å². The third kappa shape index (κ3) is 4.14. The first kappa shape index (κ1) is 19.8. The van der Waals surface area contributed by atoms with Crippen LogP contribution < -0.4 is 4.74 Å². The van der Waals surface area contributed by atoms with Crippen LogP contribution in [0.3, 0.4) is 0 Å². The molecule has 0 radical (unpaired) electrons. The summed E-state index contributed by atoms with van der Waals surface area (Å²) in [5.74, 6) is 3.62. The molecule has 1 saturated heterocycles. The fourth-order valence-electron chi connectivity index (χ4n) is 4.78. The fourth-order valence-corrected chi connectivity index (χ4v) is 4.78. The quantitative estimate of drug-likeness (QED) is 0.744. The van der Waals surface area contributed by atoms with Crippen molar-refractivity contribution >= 4 is 5.91 Å². The number of hydrogen-bond donors (Lipinski definition) is 0. The zero-order chi connectivity index (χ0) is 19.4. The molecule has 0 N–H and O–H groups in total. The lowest BCUT2D eigenvalue weighted by atomic mass is 9.77. The van der Waals surface area contributed by atoms with Gasteiger partial charge >= 0.3 is 0 Å². The molecule has 146 valence electrons. The summed E-state index contributed by atoms with van der Waals surface area (Å²) in [6.45, 7) is 4.34. The largest absolute Gasteiger partial charge is 0.497 e. The van der Waals surface area contributed by atoms with Gasteiger partial charge < -0.3 is 14.5 Å². The minimum absolute atomic E-state index is 0.0822. The smallest absolute Gasteiger partial charge is 0.298 e. The van der Waals surface area contributed by atoms with Crippen LogP contribution in [0.15, 0.2) is 18.2 Å². The van der Waals surface area contributed by atoms with Crippen LogP contribution in [0.1, 0.15) is 56.2 Å². The van der Waals surface area contributed by atoms with Crippen molar-refractivity contribution in [2.45, 2.75) is 57.5 Å². The molecule has 4 heteroatoms. The lowest BCUT2D eigenvalue weighted by Crippen LogP contribution is -2.50. The van der Waals surface area contributed by atoms with Crippen molar-refractivity contribution in [1.29, 1.82) is 0 Å². The fraction of sp³-hybridized carbons (Fsp3) is 0.609. The number of fused-ring (bicyclic) bond motifs is 1. The van der Waals surface area contributed by atoms with Gasteiger partial charge in [-0.15, -0.1) is 6.42 Å². The molecule has 2 aliphatic heterocycles. The van der Waals surface area contributed by atoms with Gasteiger partial charge in [0.1, 0.15) is 5.75 Å². The summed E-state index contributed by atoms with van der Waals surface area (Å²) >= 11 is 0. The number of carbonyl (C=O) groups excluding carboxylic acids is 1. The van der Waals surface area contributed by atoms with Gasteiger partial charge in [-0.3, -0.25) is 4.79 Å². The third-order valence-electron chi connectivity index (χ3n) is 6.28. The molecule has 1 amide bonds. The van der Waals surface area contributed by atoms with Crippen molar-refractivity contribution in [3.05, 3.63) is 29.3 Å². The Kier molecular flexibility index (Phi) is 6.44. The van der Waals surface area contributed by atoms with Gasteiger partial charge in [-0.2, -0.15) is 0 Å². The van der Waals surface area contributed by atoms with Gasteiger partial charge in [-0.05, 0) is 80.9 Å². The van der Waals surface area contributed by atoms with Gasteiger partial charge in [0.05, 0.1) is 13.2 Å². The maximum Gasteiger partial charge on any atom is 0.298 e. The molecule has 2 atom stereocenters. The van der Waals surface area contributed by atoms with E-state index in [0.717, 1.165) is 57.4 Å². The number of carbonyl (C=O) groups is 1. The van der Waals surface area contributed by atoms with Gasteiger partial charge in [0.25, 0.3) is 5.91 Å². The zero-order valence-corrected chi connectivity index (χ0v) is 16.9. The van der Waals surface area contributed by atoms with E-state index in [0.29, 0.717) is 5.92 Å². The lowest BCUT2D eigenvalue weighted by Gasteiger charge is -2.47. The molecule has 0 unspecified atom stereocenters. The Morgan fingerprint density at radius 1 is 1.33 bits per heavy atom. The van der Waals surface area contributed by atoms with Crippen LogP contribution in [0.4, 0.5) is 0 Å². The van der Waals surface area contributed by atoms with Crippen LogP contribution >= 0.6 is 0 Å². The summed E-state index contributed by atoms with van der Waals surface area (Å²) in [6, 6.07) is 6.60. The molecule has 0 spiro atoms. The second-order valence-corrected chi connectivity index (χ2v) is 8.01. The van der Waals surface area contributed by atoms with Gasteiger partial charge in [0.2, 0.25) is 0 Å². The molecular formula is C23H32N2O2. The highest BCUT2D eigenvalue weighted by molar-refractivity contribution is 5.93. The number of unbranched alkanes of at least 4 members (excludes halogenated alkanes) is 1. The van der Waals surface area contributed by atoms with E-state index in [9.17, 15) is 4.79 Å². The minimum atomic E-state index is -0.151. The monoisotopic (exact) mass is 368 g/mol. The summed E-state index contributed by atoms with van der Waals surface area (Å²) in [7, 11) is 3.88. The van der Waals surface area contributed by atoms with Gasteiger partial charge in [-0.1, -0.05) is 25.8 Å². The van der Waals surface area contributed by atoms with Gasteiger partial charge in [0, 0.05) is 6.04 Å². The molecule has 0 aromatic heterocycles. The highest BCUT2D eigenvalue weighted by Crippen LogP contribution is 2.43. The number of likely N-dealkylation sites (tertiary alicyclic amines) is 1. The highest BCUT2D eigenvalue weighted by atomic mass is 16.5. The van der Waals surface area contributed by atoms with Crippen molar-refractivity contribution in [3.8, 4) is 18.1 Å². The zero-order valence-electron chi connectivity index (χ0n) is 16.9. The second-order valence-electron chi connectivity index (χ2n) is 8.01. The summed E-state index contributed by atoms with van der Waals surface area (Å²) < 4.78 is 5.47. The Balaban J connectivity index is 2.02. The van der Waals surface area contributed by atoms with E-state index in [2.05, 4.69) is 41.8 Å². The van der Waals surface area contributed by atoms with Crippen LogP contribution in [0.25, 0.3) is 0 Å². The Labute approximate surface area is 163 Å². The predicted molar refractivity (Wildman–Crippen MR) is 109 cm³/mol. The van der Waals surface area contributed by atoms with E-state index in [1.165, 1.54) is 11.1 Å². The molecule has 1 fully saturated rings. The van der Waals surface area contributed by atoms with Crippen molar-refractivity contribution in [1.82, 2.24) is 9.80 Å². The molecule has 2 aliphatic rings. The normalized spacial score (nSPS) is 23.6. The number of hydrogen-bond acceptors (Lipinski definition) is 3. The van der Waals surface area contributed by atoms with E-state index in [4.69, 9.17) is 11.2 Å². The maximum atomic E-state index is 12.8. The average molecular weight is 369 g/mol. The topological polar surface area (TPSA) is 32.8 Å². The molecule has 0 aliphatic carbocycles. The van der Waals surface area contributed by atoms with Crippen LogP contribution in [-0.2, 0) is 11.2 Å². The Bertz CT molecular complexity index is 701. The van der Waals surface area contributed by atoms with Crippen molar-refractivity contribution in [3.63, 3.8) is 0 Å². The molecule has 3 rings (SSSR count). The molecule has 4 nitrogen and oxygen atoms in total.